The van der Waals surface area contributed by atoms with E-state index >= 15 is 0 Å². The molecule has 104 valence electrons. The number of carbonyl (C=O) groups excluding carboxylic acids is 1. The Labute approximate surface area is 113 Å². The fraction of sp³-hybridized carbons (Fsp3) is 0.417. The zero-order chi connectivity index (χ0) is 14.4. The molecule has 0 aliphatic heterocycles. The molecule has 7 heteroatoms. The lowest BCUT2D eigenvalue weighted by Gasteiger charge is -2.07. The monoisotopic (exact) mass is 284 g/mol. The molecule has 1 amide bonds. The van der Waals surface area contributed by atoms with Gasteiger partial charge < -0.3 is 10.4 Å². The zero-order valence-electron chi connectivity index (χ0n) is 10.8. The third-order valence-corrected chi connectivity index (χ3v) is 3.32. The Hall–Kier alpha value is -1.76. The quantitative estimate of drug-likeness (QED) is 0.795. The smallest absolute Gasteiger partial charge is 0.337 e. The highest BCUT2D eigenvalue weighted by atomic mass is 32.2. The Morgan fingerprint density at radius 3 is 2.58 bits per heavy atom. The fourth-order valence-corrected chi connectivity index (χ4v) is 2.34. The van der Waals surface area contributed by atoms with Gasteiger partial charge in [0.25, 0.3) is 0 Å². The molecule has 6 nitrogen and oxygen atoms in total. The lowest BCUT2D eigenvalue weighted by Crippen LogP contribution is -2.34. The van der Waals surface area contributed by atoms with Gasteiger partial charge in [-0.2, -0.15) is 0 Å². The van der Waals surface area contributed by atoms with Gasteiger partial charge in [-0.1, -0.05) is 0 Å². The van der Waals surface area contributed by atoms with Crippen molar-refractivity contribution >= 4 is 22.7 Å². The third-order valence-electron chi connectivity index (χ3n) is 2.12. The first kappa shape index (κ1) is 15.3. The van der Waals surface area contributed by atoms with Gasteiger partial charge in [0.2, 0.25) is 5.91 Å². The number of aromatic carboxylic acids is 1. The van der Waals surface area contributed by atoms with Gasteiger partial charge in [-0.15, -0.1) is 0 Å². The first-order valence-corrected chi connectivity index (χ1v) is 7.20. The molecule has 0 spiro atoms. The SMILES string of the molecule is CC(C)NC(=O)CS(=O)Cc1ccc(C(=O)O)cn1. The van der Waals surface area contributed by atoms with Crippen molar-refractivity contribution in [1.29, 1.82) is 0 Å². The molecule has 0 aliphatic carbocycles. The maximum absolute atomic E-state index is 11.7. The molecule has 1 rings (SSSR count). The number of nitrogens with zero attached hydrogens (tertiary/aromatic N) is 1. The molecule has 1 atom stereocenters. The van der Waals surface area contributed by atoms with Gasteiger partial charge >= 0.3 is 5.97 Å². The Morgan fingerprint density at radius 2 is 2.11 bits per heavy atom. The maximum atomic E-state index is 11.7. The molecule has 1 aromatic rings. The maximum Gasteiger partial charge on any atom is 0.337 e. The van der Waals surface area contributed by atoms with Crippen molar-refractivity contribution in [3.05, 3.63) is 29.6 Å². The van der Waals surface area contributed by atoms with E-state index in [1.54, 1.807) is 0 Å². The standard InChI is InChI=1S/C12H16N2O4S/c1-8(2)14-11(15)7-19(18)6-10-4-3-9(5-13-10)12(16)17/h3-5,8H,6-7H2,1-2H3,(H,14,15)(H,16,17). The first-order valence-electron chi connectivity index (χ1n) is 5.71. The van der Waals surface area contributed by atoms with Crippen molar-refractivity contribution in [2.45, 2.75) is 25.6 Å². The molecule has 0 radical (unpaired) electrons. The Morgan fingerprint density at radius 1 is 1.42 bits per heavy atom. The second kappa shape index (κ2) is 6.98. The molecule has 0 saturated carbocycles. The normalized spacial score (nSPS) is 12.2. The predicted molar refractivity (Wildman–Crippen MR) is 71.2 cm³/mol. The van der Waals surface area contributed by atoms with Crippen LogP contribution in [0.2, 0.25) is 0 Å². The van der Waals surface area contributed by atoms with E-state index in [2.05, 4.69) is 10.3 Å². The van der Waals surface area contributed by atoms with Gasteiger partial charge in [-0.25, -0.2) is 4.79 Å². The minimum atomic E-state index is -1.36. The lowest BCUT2D eigenvalue weighted by molar-refractivity contribution is -0.119. The molecule has 0 aliphatic rings. The van der Waals surface area contributed by atoms with Gasteiger partial charge in [0, 0.05) is 23.0 Å². The minimum absolute atomic E-state index is 0.0116. The Balaban J connectivity index is 2.53. The number of hydrogen-bond acceptors (Lipinski definition) is 4. The molecule has 1 unspecified atom stereocenters. The predicted octanol–water partition coefficient (Wildman–Crippen LogP) is 0.553. The summed E-state index contributed by atoms with van der Waals surface area (Å²) < 4.78 is 11.7. The molecular formula is C12H16N2O4S. The van der Waals surface area contributed by atoms with Crippen molar-refractivity contribution in [1.82, 2.24) is 10.3 Å². The summed E-state index contributed by atoms with van der Waals surface area (Å²) >= 11 is 0. The van der Waals surface area contributed by atoms with Crippen molar-refractivity contribution in [2.75, 3.05) is 5.75 Å². The highest BCUT2D eigenvalue weighted by Crippen LogP contribution is 2.03. The number of aromatic nitrogens is 1. The van der Waals surface area contributed by atoms with Gasteiger partial charge in [-0.05, 0) is 26.0 Å². The first-order chi connectivity index (χ1) is 8.88. The van der Waals surface area contributed by atoms with Crippen LogP contribution in [-0.2, 0) is 21.3 Å². The lowest BCUT2D eigenvalue weighted by atomic mass is 10.2. The Kier molecular flexibility index (Phi) is 5.62. The number of carboxylic acids is 1. The number of rotatable bonds is 6. The summed E-state index contributed by atoms with van der Waals surface area (Å²) in [5.41, 5.74) is 0.577. The average molecular weight is 284 g/mol. The topological polar surface area (TPSA) is 96.4 Å². The van der Waals surface area contributed by atoms with Gasteiger partial charge in [0.05, 0.1) is 17.0 Å². The van der Waals surface area contributed by atoms with E-state index in [0.717, 1.165) is 0 Å². The van der Waals surface area contributed by atoms with Crippen LogP contribution in [0, 0.1) is 0 Å². The van der Waals surface area contributed by atoms with Gasteiger partial charge in [0.1, 0.15) is 5.75 Å². The summed E-state index contributed by atoms with van der Waals surface area (Å²) in [5.74, 6) is -1.28. The van der Waals surface area contributed by atoms with Crippen LogP contribution in [0.15, 0.2) is 18.3 Å². The summed E-state index contributed by atoms with van der Waals surface area (Å²) in [6, 6.07) is 2.91. The average Bonchev–Trinajstić information content (AvgIpc) is 2.27. The van der Waals surface area contributed by atoms with Crippen LogP contribution in [0.5, 0.6) is 0 Å². The van der Waals surface area contributed by atoms with Crippen molar-refractivity contribution in [3.63, 3.8) is 0 Å². The summed E-state index contributed by atoms with van der Waals surface area (Å²) in [5, 5.41) is 11.4. The number of pyridine rings is 1. The van der Waals surface area contributed by atoms with E-state index in [1.807, 2.05) is 13.8 Å². The molecule has 0 bridgehead atoms. The van der Waals surface area contributed by atoms with Crippen molar-refractivity contribution < 1.29 is 18.9 Å². The summed E-state index contributed by atoms with van der Waals surface area (Å²) in [6.45, 7) is 3.65. The van der Waals surface area contributed by atoms with E-state index in [-0.39, 0.29) is 29.0 Å². The molecule has 19 heavy (non-hydrogen) atoms. The highest BCUT2D eigenvalue weighted by molar-refractivity contribution is 7.84. The second-order valence-corrected chi connectivity index (χ2v) is 5.75. The Bertz CT molecular complexity index is 485. The van der Waals surface area contributed by atoms with E-state index in [0.29, 0.717) is 5.69 Å². The highest BCUT2D eigenvalue weighted by Gasteiger charge is 2.11. The van der Waals surface area contributed by atoms with Gasteiger partial charge in [0.15, 0.2) is 0 Å². The van der Waals surface area contributed by atoms with E-state index in [9.17, 15) is 13.8 Å². The van der Waals surface area contributed by atoms with Crippen LogP contribution in [0.4, 0.5) is 0 Å². The second-order valence-electron chi connectivity index (χ2n) is 4.29. The number of carboxylic acid groups (broad SMARTS) is 1. The van der Waals surface area contributed by atoms with Crippen LogP contribution in [0.3, 0.4) is 0 Å². The van der Waals surface area contributed by atoms with Crippen LogP contribution in [0.25, 0.3) is 0 Å². The molecule has 2 N–H and O–H groups in total. The summed E-state index contributed by atoms with van der Waals surface area (Å²) in [7, 11) is -1.36. The number of carbonyl (C=O) groups is 2. The summed E-state index contributed by atoms with van der Waals surface area (Å²) in [6.07, 6.45) is 1.21. The van der Waals surface area contributed by atoms with Gasteiger partial charge in [-0.3, -0.25) is 14.0 Å². The summed E-state index contributed by atoms with van der Waals surface area (Å²) in [4.78, 5) is 25.9. The molecule has 0 saturated heterocycles. The van der Waals surface area contributed by atoms with Crippen molar-refractivity contribution in [3.8, 4) is 0 Å². The van der Waals surface area contributed by atoms with E-state index in [4.69, 9.17) is 5.11 Å². The molecule has 1 heterocycles. The molecule has 0 fully saturated rings. The molecule has 0 aromatic carbocycles. The number of hydrogen-bond donors (Lipinski definition) is 2. The number of amides is 1. The van der Waals surface area contributed by atoms with Crippen molar-refractivity contribution in [2.24, 2.45) is 0 Å². The minimum Gasteiger partial charge on any atom is -0.478 e. The van der Waals surface area contributed by atoms with Crippen LogP contribution >= 0.6 is 0 Å². The van der Waals surface area contributed by atoms with E-state index in [1.165, 1.54) is 18.3 Å². The zero-order valence-corrected chi connectivity index (χ0v) is 11.6. The third kappa shape index (κ3) is 5.60. The molecular weight excluding hydrogens is 268 g/mol. The van der Waals surface area contributed by atoms with E-state index < -0.39 is 16.8 Å². The van der Waals surface area contributed by atoms with Crippen LogP contribution in [0.1, 0.15) is 29.9 Å². The largest absolute Gasteiger partial charge is 0.478 e. The number of nitrogens with one attached hydrogen (secondary N) is 1. The van der Waals surface area contributed by atoms with Crippen LogP contribution in [-0.4, -0.2) is 38.0 Å². The van der Waals surface area contributed by atoms with Crippen LogP contribution < -0.4 is 5.32 Å². The molecule has 1 aromatic heterocycles. The fourth-order valence-electron chi connectivity index (χ4n) is 1.36.